The van der Waals surface area contributed by atoms with Gasteiger partial charge in [-0.15, -0.1) is 0 Å². The summed E-state index contributed by atoms with van der Waals surface area (Å²) < 4.78 is 9.39. The second-order valence-electron chi connectivity index (χ2n) is 42.0. The average Bonchev–Trinajstić information content (AvgIpc) is 1.73. The molecule has 0 aliphatic heterocycles. The quantitative estimate of drug-likeness (QED) is 0.0677. The Labute approximate surface area is 649 Å². The number of rotatable bonds is 16. The zero-order chi connectivity index (χ0) is 79.4. The number of hydrogen-bond acceptors (Lipinski definition) is 0. The maximum Gasteiger partial charge on any atom is 0.212 e. The van der Waals surface area contributed by atoms with Crippen LogP contribution in [0.5, 0.6) is 0 Å². The minimum absolute atomic E-state index is 0.186. The van der Waals surface area contributed by atoms with Crippen LogP contribution in [-0.4, -0.2) is 32.3 Å². The first-order chi connectivity index (χ1) is 47.9. The Kier molecular flexibility index (Phi) is 29.0. The molecule has 0 radical (unpaired) electrons. The zero-order valence-electron chi connectivity index (χ0n) is 74.4. The molecule has 8 heteroatoms. The lowest BCUT2D eigenvalue weighted by atomic mass is 9.85. The van der Waals surface area contributed by atoms with E-state index in [9.17, 15) is 0 Å². The normalized spacial score (nSPS) is 13.6. The lowest BCUT2D eigenvalue weighted by Crippen LogP contribution is -2.45. The van der Waals surface area contributed by atoms with Crippen molar-refractivity contribution >= 4 is 53.0 Å². The lowest BCUT2D eigenvalue weighted by molar-refractivity contribution is -0.660. The van der Waals surface area contributed by atoms with Gasteiger partial charge in [-0.05, 0) is 190 Å². The monoisotopic (exact) mass is 1490 g/mol. The molecule has 105 heavy (non-hydrogen) atoms. The number of pyridine rings is 4. The van der Waals surface area contributed by atoms with Crippen LogP contribution in [0.3, 0.4) is 0 Å². The van der Waals surface area contributed by atoms with E-state index in [-0.39, 0.29) is 5.41 Å². The average molecular weight is 1490 g/mol. The lowest BCUT2D eigenvalue weighted by Gasteiger charge is -2.25. The van der Waals surface area contributed by atoms with Crippen LogP contribution in [0.25, 0.3) is 45.0 Å². The summed E-state index contributed by atoms with van der Waals surface area (Å²) in [7, 11) is 3.16. The molecule has 0 saturated heterocycles. The Hall–Kier alpha value is -5.65. The fourth-order valence-electron chi connectivity index (χ4n) is 15.9. The first-order valence-electron chi connectivity index (χ1n) is 40.4. The second kappa shape index (κ2) is 34.5. The molecule has 4 aromatic carbocycles. The van der Waals surface area contributed by atoms with Crippen molar-refractivity contribution in [2.75, 3.05) is 0 Å². The Balaban J connectivity index is 0.000000220. The zero-order valence-corrected chi connectivity index (χ0v) is 78.4. The third kappa shape index (κ3) is 25.2. The molecule has 4 heterocycles. The van der Waals surface area contributed by atoms with E-state index in [0.29, 0.717) is 28.1 Å². The third-order valence-corrected chi connectivity index (χ3v) is 29.6. The van der Waals surface area contributed by atoms with E-state index >= 15 is 0 Å². The van der Waals surface area contributed by atoms with Crippen LogP contribution in [0, 0.1) is 62.7 Å². The predicted octanol–water partition coefficient (Wildman–Crippen LogP) is 22.6. The van der Waals surface area contributed by atoms with Crippen LogP contribution in [-0.2, 0) is 65.7 Å². The highest BCUT2D eigenvalue weighted by molar-refractivity contribution is 6.90. The van der Waals surface area contributed by atoms with E-state index < -0.39 is 32.3 Å². The molecule has 1 aliphatic carbocycles. The van der Waals surface area contributed by atoms with Crippen LogP contribution in [0.15, 0.2) is 122 Å². The highest BCUT2D eigenvalue weighted by Gasteiger charge is 2.34. The van der Waals surface area contributed by atoms with E-state index in [4.69, 9.17) is 0 Å². The Morgan fingerprint density at radius 1 is 0.371 bits per heavy atom. The van der Waals surface area contributed by atoms with Crippen molar-refractivity contribution in [3.8, 4) is 45.0 Å². The van der Waals surface area contributed by atoms with E-state index in [2.05, 4.69) is 392 Å². The van der Waals surface area contributed by atoms with Crippen molar-refractivity contribution in [1.29, 1.82) is 0 Å². The van der Waals surface area contributed by atoms with Gasteiger partial charge in [0.05, 0.1) is 32.3 Å². The van der Waals surface area contributed by atoms with Gasteiger partial charge < -0.3 is 0 Å². The summed E-state index contributed by atoms with van der Waals surface area (Å²) in [6, 6.07) is 37.8. The van der Waals surface area contributed by atoms with Crippen molar-refractivity contribution in [2.45, 2.75) is 293 Å². The molecule has 1 fully saturated rings. The Morgan fingerprint density at radius 3 is 1.05 bits per heavy atom. The van der Waals surface area contributed by atoms with E-state index in [1.807, 2.05) is 0 Å². The summed E-state index contributed by atoms with van der Waals surface area (Å²) in [4.78, 5) is 0. The summed E-state index contributed by atoms with van der Waals surface area (Å²) in [6.45, 7) is 77.9. The topological polar surface area (TPSA) is 15.5 Å². The van der Waals surface area contributed by atoms with Gasteiger partial charge in [0.15, 0.2) is 24.8 Å². The molecule has 0 N–H and O–H groups in total. The van der Waals surface area contributed by atoms with Crippen LogP contribution >= 0.6 is 0 Å². The molecule has 1 aliphatic rings. The van der Waals surface area contributed by atoms with Gasteiger partial charge in [-0.1, -0.05) is 269 Å². The minimum Gasteiger partial charge on any atom is -0.201 e. The SMILES string of the molecule is Cc1cc(C(C)(C)C)ccc1-c1cc([Si](C)(C)C)c(CC(C)(C)C)c[n+]1C.Cc1cc(C(C)C)ccc1-c1cc([Si](C)(C)C)c(CC(C)(C)C)c[n+]1C.Cc1cc(CC(C)C)ccc1-c1cc([Si](C)(C)C)c(CC(C)(C)C)c[n+]1C.Cc1ccc(C)c(-c2cc([Si](C)(C)C)c(CC3CCCC3)c[n+]2C)c1. The first-order valence-corrected chi connectivity index (χ1v) is 54.4. The van der Waals surface area contributed by atoms with Crippen LogP contribution in [0.1, 0.15) is 209 Å². The summed E-state index contributed by atoms with van der Waals surface area (Å²) >= 11 is 0. The van der Waals surface area contributed by atoms with Gasteiger partial charge in [0.25, 0.3) is 0 Å². The van der Waals surface area contributed by atoms with Crippen molar-refractivity contribution < 1.29 is 18.3 Å². The molecule has 9 rings (SSSR count). The molecule has 0 atom stereocenters. The maximum absolute atomic E-state index is 2.53. The van der Waals surface area contributed by atoms with Crippen molar-refractivity contribution in [3.05, 3.63) is 189 Å². The van der Waals surface area contributed by atoms with E-state index in [1.165, 1.54) is 138 Å². The van der Waals surface area contributed by atoms with Crippen LogP contribution < -0.4 is 39.0 Å². The maximum atomic E-state index is 2.53. The summed E-state index contributed by atoms with van der Waals surface area (Å²) in [6.07, 6.45) is 21.2. The van der Waals surface area contributed by atoms with Crippen LogP contribution in [0.4, 0.5) is 0 Å². The predicted molar refractivity (Wildman–Crippen MR) is 474 cm³/mol. The molecule has 4 aromatic heterocycles. The molecule has 572 valence electrons. The minimum atomic E-state index is -1.44. The second-order valence-corrected chi connectivity index (χ2v) is 62.1. The number of nitrogens with zero attached hydrogens (tertiary/aromatic N) is 4. The summed E-state index contributed by atoms with van der Waals surface area (Å²) in [5, 5.41) is 6.47. The molecule has 8 aromatic rings. The highest BCUT2D eigenvalue weighted by Crippen LogP contribution is 2.34. The van der Waals surface area contributed by atoms with Gasteiger partial charge in [0.2, 0.25) is 22.8 Å². The number of benzene rings is 4. The number of aromatic nitrogens is 4. The summed E-state index contributed by atoms with van der Waals surface area (Å²) in [5.74, 6) is 2.17. The van der Waals surface area contributed by atoms with Crippen LogP contribution in [0.2, 0.25) is 78.6 Å². The first kappa shape index (κ1) is 88.3. The molecule has 0 bridgehead atoms. The molecule has 1 saturated carbocycles. The van der Waals surface area contributed by atoms with Crippen molar-refractivity contribution in [2.24, 2.45) is 56.3 Å². The van der Waals surface area contributed by atoms with Crippen molar-refractivity contribution in [3.63, 3.8) is 0 Å². The van der Waals surface area contributed by atoms with E-state index in [0.717, 1.165) is 31.6 Å². The van der Waals surface area contributed by atoms with Gasteiger partial charge >= 0.3 is 0 Å². The fourth-order valence-corrected chi connectivity index (χ4v) is 22.6. The summed E-state index contributed by atoms with van der Waals surface area (Å²) in [5.41, 5.74) is 29.2. The smallest absolute Gasteiger partial charge is 0.201 e. The van der Waals surface area contributed by atoms with Gasteiger partial charge in [0.1, 0.15) is 28.2 Å². The number of hydrogen-bond donors (Lipinski definition) is 0. The molecule has 4 nitrogen and oxygen atoms in total. The number of aryl methyl sites for hydroxylation is 9. The van der Waals surface area contributed by atoms with Crippen molar-refractivity contribution in [1.82, 2.24) is 0 Å². The molecule has 0 amide bonds. The standard InChI is InChI=1S/2C25H40NSi.C24H38NSi.C23H34NSi/c1-18-14-20(25(5,6)7)12-13-21(18)22-15-23(27(9,10)11)19(17-26(22)8)16-24(2,3)4;1-18(2)13-20-11-12-22(19(3)14-20)23-15-24(27(8,9)10)21(17-26(23)7)16-25(4,5)6;1-17(2)19-11-12-21(18(3)13-19)22-14-23(26(8,9)10)20(16-25(22)7)15-24(4,5)6;1-17-11-12-18(2)21(13-17)22-15-23(25(4,5)6)20(16-24(22)3)14-19-9-7-8-10-19/h12-15,17H,16H2,1-11H3;11-12,14-15,17-18H,13,16H2,1-10H3;11-14,16-17H,15H2,1-10H3;11-13,15-16,19H,7-10,14H2,1-6H3/q4*+1. The molecule has 0 spiro atoms. The van der Waals surface area contributed by atoms with Gasteiger partial charge in [0, 0.05) is 68.8 Å². The highest BCUT2D eigenvalue weighted by atomic mass is 28.3. The Morgan fingerprint density at radius 2 is 0.714 bits per heavy atom. The van der Waals surface area contributed by atoms with Gasteiger partial charge in [-0.2, -0.15) is 0 Å². The van der Waals surface area contributed by atoms with Gasteiger partial charge in [-0.3, -0.25) is 0 Å². The van der Waals surface area contributed by atoms with Gasteiger partial charge in [-0.25, -0.2) is 18.3 Å². The molecular weight excluding hydrogens is 1330 g/mol. The fraction of sp³-hybridized carbons (Fsp3) is 0.546. The Bertz CT molecular complexity index is 4290. The third-order valence-electron chi connectivity index (χ3n) is 21.2. The van der Waals surface area contributed by atoms with E-state index in [1.54, 1.807) is 26.3 Å². The molecule has 0 unspecified atom stereocenters. The largest absolute Gasteiger partial charge is 0.212 e. The molecular formula is C97H152N4Si4+4.